The molecule has 0 saturated heterocycles. The Hall–Kier alpha value is -1.54. The zero-order valence-corrected chi connectivity index (χ0v) is 10.5. The predicted octanol–water partition coefficient (Wildman–Crippen LogP) is 2.10. The van der Waals surface area contributed by atoms with Crippen molar-refractivity contribution in [3.05, 3.63) is 28.2 Å². The molecule has 16 heavy (non-hydrogen) atoms. The molecule has 1 atom stereocenters. The van der Waals surface area contributed by atoms with E-state index in [2.05, 4.69) is 21.2 Å². The molecule has 1 aromatic carbocycles. The number of nitrogens with one attached hydrogen (secondary N) is 1. The molecule has 0 bridgehead atoms. The Kier molecular flexibility index (Phi) is 4.32. The molecular weight excluding hydrogens is 272 g/mol. The molecule has 1 unspecified atom stereocenters. The lowest BCUT2D eigenvalue weighted by molar-refractivity contribution is 0.0945. The van der Waals surface area contributed by atoms with Gasteiger partial charge in [0.05, 0.1) is 18.7 Å². The van der Waals surface area contributed by atoms with Crippen LogP contribution in [-0.4, -0.2) is 19.1 Å². The molecule has 1 aromatic rings. The van der Waals surface area contributed by atoms with E-state index in [0.29, 0.717) is 11.3 Å². The molecular formula is C11H11BrN2O2. The summed E-state index contributed by atoms with van der Waals surface area (Å²) in [6.45, 7) is 1.61. The third kappa shape index (κ3) is 2.97. The maximum absolute atomic E-state index is 11.7. The first-order valence-corrected chi connectivity index (χ1v) is 5.41. The van der Waals surface area contributed by atoms with Crippen molar-refractivity contribution in [1.29, 1.82) is 5.26 Å². The van der Waals surface area contributed by atoms with Gasteiger partial charge in [-0.1, -0.05) is 15.9 Å². The standard InChI is InChI=1S/C11H11BrN2O2/c1-7(6-13)14-11(15)9-4-3-8(12)5-10(9)16-2/h3-5,7H,1-2H3,(H,14,15). The average Bonchev–Trinajstić information content (AvgIpc) is 2.28. The number of methoxy groups -OCH3 is 1. The van der Waals surface area contributed by atoms with Crippen molar-refractivity contribution >= 4 is 21.8 Å². The summed E-state index contributed by atoms with van der Waals surface area (Å²) in [5, 5.41) is 11.1. The van der Waals surface area contributed by atoms with Crippen LogP contribution in [-0.2, 0) is 0 Å². The van der Waals surface area contributed by atoms with Crippen molar-refractivity contribution in [3.63, 3.8) is 0 Å². The lowest BCUT2D eigenvalue weighted by Gasteiger charge is -2.10. The molecule has 1 N–H and O–H groups in total. The summed E-state index contributed by atoms with van der Waals surface area (Å²) in [5.74, 6) is 0.149. The maximum atomic E-state index is 11.7. The van der Waals surface area contributed by atoms with Gasteiger partial charge < -0.3 is 10.1 Å². The van der Waals surface area contributed by atoms with E-state index in [0.717, 1.165) is 4.47 Å². The number of halogens is 1. The molecule has 0 saturated carbocycles. The summed E-state index contributed by atoms with van der Waals surface area (Å²) in [4.78, 5) is 11.7. The van der Waals surface area contributed by atoms with Gasteiger partial charge in [-0.15, -0.1) is 0 Å². The van der Waals surface area contributed by atoms with E-state index in [1.54, 1.807) is 25.1 Å². The number of hydrogen-bond donors (Lipinski definition) is 1. The van der Waals surface area contributed by atoms with Gasteiger partial charge in [-0.3, -0.25) is 4.79 Å². The Bertz CT molecular complexity index is 440. The highest BCUT2D eigenvalue weighted by atomic mass is 79.9. The van der Waals surface area contributed by atoms with Crippen LogP contribution in [0.4, 0.5) is 0 Å². The van der Waals surface area contributed by atoms with Crippen molar-refractivity contribution in [2.45, 2.75) is 13.0 Å². The smallest absolute Gasteiger partial charge is 0.256 e. The SMILES string of the molecule is COc1cc(Br)ccc1C(=O)NC(C)C#N. The van der Waals surface area contributed by atoms with Crippen molar-refractivity contribution in [1.82, 2.24) is 5.32 Å². The van der Waals surface area contributed by atoms with Crippen LogP contribution < -0.4 is 10.1 Å². The van der Waals surface area contributed by atoms with Crippen LogP contribution >= 0.6 is 15.9 Å². The molecule has 84 valence electrons. The average molecular weight is 283 g/mol. The number of nitrogens with zero attached hydrogens (tertiary/aromatic N) is 1. The van der Waals surface area contributed by atoms with Crippen LogP contribution in [0.3, 0.4) is 0 Å². The first-order chi connectivity index (χ1) is 7.58. The lowest BCUT2D eigenvalue weighted by atomic mass is 10.2. The second-order valence-corrected chi connectivity index (χ2v) is 4.08. The Morgan fingerprint density at radius 3 is 2.88 bits per heavy atom. The first-order valence-electron chi connectivity index (χ1n) is 4.62. The minimum absolute atomic E-state index is 0.321. The Balaban J connectivity index is 2.96. The molecule has 1 rings (SSSR count). The molecule has 0 heterocycles. The minimum atomic E-state index is -0.527. The van der Waals surface area contributed by atoms with Gasteiger partial charge in [0.1, 0.15) is 11.8 Å². The van der Waals surface area contributed by atoms with Gasteiger partial charge in [-0.2, -0.15) is 5.26 Å². The van der Waals surface area contributed by atoms with E-state index in [-0.39, 0.29) is 5.91 Å². The number of rotatable bonds is 3. The van der Waals surface area contributed by atoms with Gasteiger partial charge in [0.15, 0.2) is 0 Å². The summed E-state index contributed by atoms with van der Waals surface area (Å²) < 4.78 is 5.92. The number of carbonyl (C=O) groups is 1. The van der Waals surface area contributed by atoms with E-state index in [4.69, 9.17) is 10.00 Å². The fraction of sp³-hybridized carbons (Fsp3) is 0.273. The second kappa shape index (κ2) is 5.52. The zero-order chi connectivity index (χ0) is 12.1. The van der Waals surface area contributed by atoms with Gasteiger partial charge in [0.25, 0.3) is 5.91 Å². The van der Waals surface area contributed by atoms with Gasteiger partial charge in [-0.25, -0.2) is 0 Å². The van der Waals surface area contributed by atoms with Crippen molar-refractivity contribution in [3.8, 4) is 11.8 Å². The number of hydrogen-bond acceptors (Lipinski definition) is 3. The van der Waals surface area contributed by atoms with Gasteiger partial charge in [-0.05, 0) is 25.1 Å². The fourth-order valence-electron chi connectivity index (χ4n) is 1.16. The maximum Gasteiger partial charge on any atom is 0.256 e. The first kappa shape index (κ1) is 12.5. The van der Waals surface area contributed by atoms with Crippen LogP contribution in [0.5, 0.6) is 5.75 Å². The van der Waals surface area contributed by atoms with Crippen molar-refractivity contribution < 1.29 is 9.53 Å². The third-order valence-electron chi connectivity index (χ3n) is 1.95. The van der Waals surface area contributed by atoms with Gasteiger partial charge in [0.2, 0.25) is 0 Å². The van der Waals surface area contributed by atoms with Crippen molar-refractivity contribution in [2.75, 3.05) is 7.11 Å². The van der Waals surface area contributed by atoms with E-state index in [1.165, 1.54) is 7.11 Å². The molecule has 0 fully saturated rings. The molecule has 0 aliphatic carbocycles. The molecule has 5 heteroatoms. The van der Waals surface area contributed by atoms with Gasteiger partial charge >= 0.3 is 0 Å². The summed E-state index contributed by atoms with van der Waals surface area (Å²) in [6.07, 6.45) is 0. The van der Waals surface area contributed by atoms with Crippen LogP contribution in [0.25, 0.3) is 0 Å². The number of benzene rings is 1. The van der Waals surface area contributed by atoms with E-state index < -0.39 is 6.04 Å². The Morgan fingerprint density at radius 2 is 2.31 bits per heavy atom. The van der Waals surface area contributed by atoms with Crippen LogP contribution in [0.2, 0.25) is 0 Å². The Labute approximate surface area is 102 Å². The zero-order valence-electron chi connectivity index (χ0n) is 8.95. The summed E-state index contributed by atoms with van der Waals surface area (Å²) in [6, 6.07) is 6.49. The molecule has 0 aliphatic rings. The molecule has 4 nitrogen and oxygen atoms in total. The predicted molar refractivity (Wildman–Crippen MR) is 63.2 cm³/mol. The quantitative estimate of drug-likeness (QED) is 0.924. The van der Waals surface area contributed by atoms with E-state index in [1.807, 2.05) is 6.07 Å². The van der Waals surface area contributed by atoms with Crippen LogP contribution in [0.15, 0.2) is 22.7 Å². The molecule has 0 aromatic heterocycles. The molecule has 0 aliphatic heterocycles. The number of carbonyl (C=O) groups excluding carboxylic acids is 1. The number of ether oxygens (including phenoxy) is 1. The highest BCUT2D eigenvalue weighted by Gasteiger charge is 2.14. The summed E-state index contributed by atoms with van der Waals surface area (Å²) in [7, 11) is 1.49. The highest BCUT2D eigenvalue weighted by molar-refractivity contribution is 9.10. The molecule has 0 spiro atoms. The number of amides is 1. The topological polar surface area (TPSA) is 62.1 Å². The van der Waals surface area contributed by atoms with Crippen molar-refractivity contribution in [2.24, 2.45) is 0 Å². The van der Waals surface area contributed by atoms with Crippen LogP contribution in [0.1, 0.15) is 17.3 Å². The number of nitriles is 1. The second-order valence-electron chi connectivity index (χ2n) is 3.17. The summed E-state index contributed by atoms with van der Waals surface area (Å²) >= 11 is 3.29. The largest absolute Gasteiger partial charge is 0.496 e. The fourth-order valence-corrected chi connectivity index (χ4v) is 1.50. The van der Waals surface area contributed by atoms with Gasteiger partial charge in [0, 0.05) is 4.47 Å². The monoisotopic (exact) mass is 282 g/mol. The van der Waals surface area contributed by atoms with E-state index >= 15 is 0 Å². The Morgan fingerprint density at radius 1 is 1.62 bits per heavy atom. The summed E-state index contributed by atoms with van der Waals surface area (Å²) in [5.41, 5.74) is 0.410. The normalized spacial score (nSPS) is 11.4. The lowest BCUT2D eigenvalue weighted by Crippen LogP contribution is -2.31. The highest BCUT2D eigenvalue weighted by Crippen LogP contribution is 2.23. The van der Waals surface area contributed by atoms with Crippen LogP contribution in [0, 0.1) is 11.3 Å². The minimum Gasteiger partial charge on any atom is -0.496 e. The van der Waals surface area contributed by atoms with E-state index in [9.17, 15) is 4.79 Å². The third-order valence-corrected chi connectivity index (χ3v) is 2.44. The molecule has 1 amide bonds. The molecule has 0 radical (unpaired) electrons.